The molecule has 0 aromatic carbocycles. The summed E-state index contributed by atoms with van der Waals surface area (Å²) in [6.45, 7) is 0. The Kier molecular flexibility index (Phi) is 1.93. The number of hydrogen-bond acceptors (Lipinski definition) is 3. The van der Waals surface area contributed by atoms with Crippen LogP contribution < -0.4 is 0 Å². The lowest BCUT2D eigenvalue weighted by Gasteiger charge is -2.47. The van der Waals surface area contributed by atoms with Gasteiger partial charge in [-0.1, -0.05) is 25.7 Å². The molecule has 3 nitrogen and oxygen atoms in total. The van der Waals surface area contributed by atoms with Crippen LogP contribution in [0.15, 0.2) is 0 Å². The third kappa shape index (κ3) is 1.23. The molecule has 0 bridgehead atoms. The first-order valence-electron chi connectivity index (χ1n) is 5.59. The molecule has 3 rings (SSSR count). The molecule has 3 aliphatic rings. The Bertz CT molecular complexity index is 335. The highest BCUT2D eigenvalue weighted by Crippen LogP contribution is 2.47. The molecule has 0 aromatic heterocycles. The van der Waals surface area contributed by atoms with Crippen molar-refractivity contribution in [2.45, 2.75) is 49.9 Å². The molecule has 2 aliphatic carbocycles. The molecule has 0 radical (unpaired) electrons. The molecular formula is C10H16O3S. The minimum absolute atomic E-state index is 0.0411. The summed E-state index contributed by atoms with van der Waals surface area (Å²) in [5.74, 6) is 1.42. The molecular weight excluding hydrogens is 200 g/mol. The van der Waals surface area contributed by atoms with Crippen LogP contribution in [0, 0.1) is 11.8 Å². The molecule has 2 saturated carbocycles. The van der Waals surface area contributed by atoms with E-state index in [0.717, 1.165) is 18.8 Å². The third-order valence-electron chi connectivity index (χ3n) is 4.18. The smallest absolute Gasteiger partial charge is 0.265 e. The van der Waals surface area contributed by atoms with Gasteiger partial charge in [0.15, 0.2) is 0 Å². The average Bonchev–Trinajstić information content (AvgIpc) is 2.16. The van der Waals surface area contributed by atoms with Crippen molar-refractivity contribution in [3.8, 4) is 0 Å². The maximum absolute atomic E-state index is 11.3. The molecule has 1 heterocycles. The molecule has 0 N–H and O–H groups in total. The van der Waals surface area contributed by atoms with Gasteiger partial charge in [-0.2, -0.15) is 8.42 Å². The van der Waals surface area contributed by atoms with Crippen molar-refractivity contribution < 1.29 is 12.6 Å². The van der Waals surface area contributed by atoms with Gasteiger partial charge in [-0.15, -0.1) is 0 Å². The summed E-state index contributed by atoms with van der Waals surface area (Å²) >= 11 is 0. The third-order valence-corrected chi connectivity index (χ3v) is 5.93. The van der Waals surface area contributed by atoms with E-state index in [4.69, 9.17) is 4.18 Å². The first kappa shape index (κ1) is 9.16. The predicted molar refractivity (Wildman–Crippen MR) is 52.3 cm³/mol. The van der Waals surface area contributed by atoms with Crippen molar-refractivity contribution in [2.75, 3.05) is 0 Å². The highest BCUT2D eigenvalue weighted by atomic mass is 32.2. The average molecular weight is 216 g/mol. The Morgan fingerprint density at radius 1 is 1.00 bits per heavy atom. The van der Waals surface area contributed by atoms with Crippen LogP contribution >= 0.6 is 0 Å². The van der Waals surface area contributed by atoms with Crippen molar-refractivity contribution in [2.24, 2.45) is 11.8 Å². The van der Waals surface area contributed by atoms with E-state index in [0.29, 0.717) is 5.92 Å². The number of hydrogen-bond donors (Lipinski definition) is 0. The summed E-state index contributed by atoms with van der Waals surface area (Å²) in [5.41, 5.74) is 0. The zero-order chi connectivity index (χ0) is 9.76. The second-order valence-electron chi connectivity index (χ2n) is 4.94. The minimum Gasteiger partial charge on any atom is -0.265 e. The summed E-state index contributed by atoms with van der Waals surface area (Å²) < 4.78 is 27.6. The van der Waals surface area contributed by atoms with Crippen molar-refractivity contribution in [3.05, 3.63) is 0 Å². The summed E-state index contributed by atoms with van der Waals surface area (Å²) in [6, 6.07) is 0. The standard InChI is InChI=1S/C10H16O3S/c11-14(12)10-6-8-4-2-1-3-7(8)5-9(10)13-14/h7-10H,1-6H2. The summed E-state index contributed by atoms with van der Waals surface area (Å²) in [7, 11) is -3.13. The second kappa shape index (κ2) is 2.95. The van der Waals surface area contributed by atoms with Crippen LogP contribution in [0.4, 0.5) is 0 Å². The summed E-state index contributed by atoms with van der Waals surface area (Å²) in [6.07, 6.45) is 7.05. The van der Waals surface area contributed by atoms with Gasteiger partial charge in [0.05, 0.1) is 6.10 Å². The van der Waals surface area contributed by atoms with E-state index in [1.54, 1.807) is 0 Å². The monoisotopic (exact) mass is 216 g/mol. The van der Waals surface area contributed by atoms with Crippen molar-refractivity contribution in [3.63, 3.8) is 0 Å². The van der Waals surface area contributed by atoms with Crippen LogP contribution in [0.5, 0.6) is 0 Å². The lowest BCUT2D eigenvalue weighted by molar-refractivity contribution is 0.0311. The fourth-order valence-corrected chi connectivity index (χ4v) is 4.95. The molecule has 4 atom stereocenters. The molecule has 1 saturated heterocycles. The van der Waals surface area contributed by atoms with Crippen molar-refractivity contribution in [1.82, 2.24) is 0 Å². The maximum atomic E-state index is 11.3. The van der Waals surface area contributed by atoms with Crippen LogP contribution in [0.3, 0.4) is 0 Å². The first-order valence-corrected chi connectivity index (χ1v) is 7.06. The topological polar surface area (TPSA) is 43.4 Å². The van der Waals surface area contributed by atoms with Crippen LogP contribution in [0.1, 0.15) is 38.5 Å². The molecule has 0 spiro atoms. The van der Waals surface area contributed by atoms with Crippen LogP contribution in [-0.4, -0.2) is 19.8 Å². The predicted octanol–water partition coefficient (Wildman–Crippen LogP) is 1.68. The van der Waals surface area contributed by atoms with Crippen molar-refractivity contribution in [1.29, 1.82) is 0 Å². The Labute approximate surface area is 85.0 Å². The molecule has 0 amide bonds. The molecule has 4 heteroatoms. The molecule has 0 aromatic rings. The Hall–Kier alpha value is -0.0900. The summed E-state index contributed by atoms with van der Waals surface area (Å²) in [5, 5.41) is -0.151. The zero-order valence-electron chi connectivity index (χ0n) is 8.19. The molecule has 1 aliphatic heterocycles. The van der Waals surface area contributed by atoms with Crippen LogP contribution in [0.25, 0.3) is 0 Å². The quantitative estimate of drug-likeness (QED) is 0.579. The van der Waals surface area contributed by atoms with Gasteiger partial charge in [0, 0.05) is 0 Å². The van der Waals surface area contributed by atoms with E-state index < -0.39 is 10.1 Å². The summed E-state index contributed by atoms with van der Waals surface area (Å²) in [4.78, 5) is 0. The van der Waals surface area contributed by atoms with Gasteiger partial charge >= 0.3 is 0 Å². The van der Waals surface area contributed by atoms with E-state index in [1.165, 1.54) is 25.7 Å². The van der Waals surface area contributed by atoms with Crippen LogP contribution in [-0.2, 0) is 14.3 Å². The number of fused-ring (bicyclic) bond motifs is 2. The largest absolute Gasteiger partial charge is 0.273 e. The van der Waals surface area contributed by atoms with Gasteiger partial charge < -0.3 is 0 Å². The molecule has 80 valence electrons. The first-order chi connectivity index (χ1) is 6.67. The van der Waals surface area contributed by atoms with Crippen molar-refractivity contribution >= 4 is 10.1 Å². The van der Waals surface area contributed by atoms with E-state index >= 15 is 0 Å². The van der Waals surface area contributed by atoms with Gasteiger partial charge in [-0.05, 0) is 24.7 Å². The normalized spacial score (nSPS) is 50.0. The highest BCUT2D eigenvalue weighted by Gasteiger charge is 2.53. The van der Waals surface area contributed by atoms with E-state index in [9.17, 15) is 8.42 Å². The van der Waals surface area contributed by atoms with Crippen LogP contribution in [0.2, 0.25) is 0 Å². The molecule has 4 unspecified atom stereocenters. The van der Waals surface area contributed by atoms with Gasteiger partial charge in [0.2, 0.25) is 0 Å². The maximum Gasteiger partial charge on any atom is 0.273 e. The van der Waals surface area contributed by atoms with E-state index in [2.05, 4.69) is 0 Å². The Morgan fingerprint density at radius 2 is 1.64 bits per heavy atom. The zero-order valence-corrected chi connectivity index (χ0v) is 9.00. The van der Waals surface area contributed by atoms with E-state index in [-0.39, 0.29) is 11.4 Å². The second-order valence-corrected chi connectivity index (χ2v) is 6.73. The minimum atomic E-state index is -3.13. The molecule has 3 fully saturated rings. The molecule has 14 heavy (non-hydrogen) atoms. The van der Waals surface area contributed by atoms with Gasteiger partial charge in [0.1, 0.15) is 5.25 Å². The van der Waals surface area contributed by atoms with Gasteiger partial charge in [-0.25, -0.2) is 0 Å². The van der Waals surface area contributed by atoms with E-state index in [1.807, 2.05) is 0 Å². The van der Waals surface area contributed by atoms with Gasteiger partial charge in [-0.3, -0.25) is 4.18 Å². The lowest BCUT2D eigenvalue weighted by Crippen LogP contribution is -2.55. The Morgan fingerprint density at radius 3 is 2.29 bits per heavy atom. The highest BCUT2D eigenvalue weighted by molar-refractivity contribution is 7.88. The number of rotatable bonds is 0. The lowest BCUT2D eigenvalue weighted by atomic mass is 9.70. The Balaban J connectivity index is 1.78. The SMILES string of the molecule is O=S1(=O)OC2CC3CCCCC3CC21. The fraction of sp³-hybridized carbons (Fsp3) is 1.00. The van der Waals surface area contributed by atoms with Gasteiger partial charge in [0.25, 0.3) is 10.1 Å². The fourth-order valence-electron chi connectivity index (χ4n) is 3.40.